The van der Waals surface area contributed by atoms with Crippen LogP contribution in [-0.2, 0) is 9.47 Å². The third-order valence-corrected chi connectivity index (χ3v) is 3.43. The Balaban J connectivity index is 2.50. The molecule has 0 aromatic heterocycles. The molecule has 0 amide bonds. The van der Waals surface area contributed by atoms with Crippen molar-refractivity contribution < 1.29 is 23.7 Å². The Morgan fingerprint density at radius 2 is 1.74 bits per heavy atom. The zero-order chi connectivity index (χ0) is 16.9. The van der Waals surface area contributed by atoms with Crippen LogP contribution in [0.1, 0.15) is 49.4 Å². The summed E-state index contributed by atoms with van der Waals surface area (Å²) >= 11 is 0. The molecule has 0 aliphatic heterocycles. The average molecular weight is 324 g/mol. The lowest BCUT2D eigenvalue weighted by Gasteiger charge is -2.12. The summed E-state index contributed by atoms with van der Waals surface area (Å²) in [5.74, 6) is 0.794. The first kappa shape index (κ1) is 19.3. The fourth-order valence-corrected chi connectivity index (χ4v) is 2.10. The molecule has 0 saturated heterocycles. The van der Waals surface area contributed by atoms with Gasteiger partial charge in [0.2, 0.25) is 0 Å². The van der Waals surface area contributed by atoms with Gasteiger partial charge in [0.25, 0.3) is 0 Å². The molecule has 0 aliphatic carbocycles. The van der Waals surface area contributed by atoms with Crippen molar-refractivity contribution in [2.75, 3.05) is 34.0 Å². The van der Waals surface area contributed by atoms with Gasteiger partial charge in [-0.15, -0.1) is 0 Å². The molecule has 1 rings (SSSR count). The summed E-state index contributed by atoms with van der Waals surface area (Å²) in [6.45, 7) is 3.46. The fraction of sp³-hybridized carbons (Fsp3) is 0.611. The molecule has 0 N–H and O–H groups in total. The summed E-state index contributed by atoms with van der Waals surface area (Å²) in [5.41, 5.74) is 0.438. The van der Waals surface area contributed by atoms with Crippen LogP contribution in [0, 0.1) is 0 Å². The zero-order valence-corrected chi connectivity index (χ0v) is 14.4. The van der Waals surface area contributed by atoms with Crippen molar-refractivity contribution >= 4 is 5.97 Å². The molecule has 0 fully saturated rings. The van der Waals surface area contributed by atoms with Gasteiger partial charge in [0.05, 0.1) is 25.9 Å². The number of hydrogen-bond acceptors (Lipinski definition) is 5. The summed E-state index contributed by atoms with van der Waals surface area (Å²) in [4.78, 5) is 11.9. The second-order valence-electron chi connectivity index (χ2n) is 5.26. The Kier molecular flexibility index (Phi) is 9.87. The molecular formula is C18H28O5. The summed E-state index contributed by atoms with van der Waals surface area (Å²) in [6.07, 6.45) is 5.92. The molecule has 0 radical (unpaired) electrons. The third-order valence-electron chi connectivity index (χ3n) is 3.43. The quantitative estimate of drug-likeness (QED) is 0.432. The number of unbranched alkanes of at least 4 members (excludes halogenated alkanes) is 4. The Morgan fingerprint density at radius 3 is 2.43 bits per heavy atom. The van der Waals surface area contributed by atoms with Crippen molar-refractivity contribution in [1.29, 1.82) is 0 Å². The number of benzene rings is 1. The van der Waals surface area contributed by atoms with E-state index in [4.69, 9.17) is 18.9 Å². The molecule has 0 bridgehead atoms. The van der Waals surface area contributed by atoms with E-state index in [0.717, 1.165) is 6.42 Å². The van der Waals surface area contributed by atoms with Crippen molar-refractivity contribution in [1.82, 2.24) is 0 Å². The van der Waals surface area contributed by atoms with Gasteiger partial charge >= 0.3 is 5.97 Å². The van der Waals surface area contributed by atoms with Crippen LogP contribution in [0.3, 0.4) is 0 Å². The minimum atomic E-state index is -0.397. The molecule has 5 nitrogen and oxygen atoms in total. The number of carbonyl (C=O) groups excluding carboxylic acids is 1. The van der Waals surface area contributed by atoms with E-state index >= 15 is 0 Å². The maximum Gasteiger partial charge on any atom is 0.338 e. The van der Waals surface area contributed by atoms with Crippen LogP contribution in [-0.4, -0.2) is 40.0 Å². The monoisotopic (exact) mass is 324 g/mol. The van der Waals surface area contributed by atoms with Crippen LogP contribution >= 0.6 is 0 Å². The number of ether oxygens (including phenoxy) is 4. The second-order valence-corrected chi connectivity index (χ2v) is 5.26. The van der Waals surface area contributed by atoms with Crippen LogP contribution in [0.25, 0.3) is 0 Å². The Bertz CT molecular complexity index is 459. The third kappa shape index (κ3) is 7.37. The maximum absolute atomic E-state index is 11.9. The topological polar surface area (TPSA) is 54.0 Å². The molecule has 0 unspecified atom stereocenters. The van der Waals surface area contributed by atoms with Crippen molar-refractivity contribution in [3.63, 3.8) is 0 Å². The first-order valence-electron chi connectivity index (χ1n) is 8.19. The van der Waals surface area contributed by atoms with Crippen molar-refractivity contribution in [3.8, 4) is 11.5 Å². The van der Waals surface area contributed by atoms with E-state index in [1.165, 1.54) is 25.7 Å². The van der Waals surface area contributed by atoms with Crippen LogP contribution in [0.2, 0.25) is 0 Å². The number of esters is 1. The summed E-state index contributed by atoms with van der Waals surface area (Å²) in [6, 6.07) is 5.07. The molecule has 0 aliphatic rings. The highest BCUT2D eigenvalue weighted by molar-refractivity contribution is 5.90. The van der Waals surface area contributed by atoms with Crippen molar-refractivity contribution in [2.45, 2.75) is 39.0 Å². The van der Waals surface area contributed by atoms with E-state index in [1.54, 1.807) is 32.4 Å². The molecular weight excluding hydrogens is 296 g/mol. The van der Waals surface area contributed by atoms with Gasteiger partial charge < -0.3 is 18.9 Å². The lowest BCUT2D eigenvalue weighted by Crippen LogP contribution is -2.10. The van der Waals surface area contributed by atoms with E-state index < -0.39 is 5.97 Å². The highest BCUT2D eigenvalue weighted by Crippen LogP contribution is 2.28. The van der Waals surface area contributed by atoms with Gasteiger partial charge in [-0.05, 0) is 24.6 Å². The molecule has 0 spiro atoms. The van der Waals surface area contributed by atoms with E-state index in [1.807, 2.05) is 0 Å². The van der Waals surface area contributed by atoms with E-state index in [0.29, 0.717) is 30.3 Å². The summed E-state index contributed by atoms with van der Waals surface area (Å²) in [7, 11) is 3.12. The Labute approximate surface area is 138 Å². The van der Waals surface area contributed by atoms with Crippen LogP contribution in [0.5, 0.6) is 11.5 Å². The van der Waals surface area contributed by atoms with E-state index in [-0.39, 0.29) is 6.61 Å². The van der Waals surface area contributed by atoms with Crippen LogP contribution in [0.15, 0.2) is 18.2 Å². The molecule has 0 saturated carbocycles. The lowest BCUT2D eigenvalue weighted by atomic mass is 10.1. The normalized spacial score (nSPS) is 10.4. The minimum Gasteiger partial charge on any atom is -0.493 e. The largest absolute Gasteiger partial charge is 0.493 e. The highest BCUT2D eigenvalue weighted by Gasteiger charge is 2.12. The Morgan fingerprint density at radius 1 is 0.957 bits per heavy atom. The number of carbonyl (C=O) groups is 1. The molecule has 23 heavy (non-hydrogen) atoms. The Hall–Kier alpha value is -1.75. The van der Waals surface area contributed by atoms with Gasteiger partial charge in [-0.3, -0.25) is 0 Å². The first-order chi connectivity index (χ1) is 11.2. The SMILES string of the molecule is CCCCCCCOc1ccc(C(=O)OCCOC)cc1OC. The first-order valence-corrected chi connectivity index (χ1v) is 8.19. The van der Waals surface area contributed by atoms with E-state index in [9.17, 15) is 4.79 Å². The van der Waals surface area contributed by atoms with Gasteiger partial charge in [0, 0.05) is 7.11 Å². The summed E-state index contributed by atoms with van der Waals surface area (Å²) < 4.78 is 21.0. The standard InChI is InChI=1S/C18H28O5/c1-4-5-6-7-8-11-22-16-10-9-15(14-17(16)21-3)18(19)23-13-12-20-2/h9-10,14H,4-8,11-13H2,1-3H3. The van der Waals surface area contributed by atoms with Crippen LogP contribution < -0.4 is 9.47 Å². The summed E-state index contributed by atoms with van der Waals surface area (Å²) in [5, 5.41) is 0. The van der Waals surface area contributed by atoms with Crippen molar-refractivity contribution in [2.24, 2.45) is 0 Å². The smallest absolute Gasteiger partial charge is 0.338 e. The minimum absolute atomic E-state index is 0.230. The highest BCUT2D eigenvalue weighted by atomic mass is 16.6. The molecule has 1 aromatic carbocycles. The molecule has 0 heterocycles. The zero-order valence-electron chi connectivity index (χ0n) is 14.4. The molecule has 1 aromatic rings. The lowest BCUT2D eigenvalue weighted by molar-refractivity contribution is 0.0387. The molecule has 5 heteroatoms. The maximum atomic E-state index is 11.9. The predicted octanol–water partition coefficient (Wildman–Crippen LogP) is 3.85. The molecule has 0 atom stereocenters. The van der Waals surface area contributed by atoms with Crippen LogP contribution in [0.4, 0.5) is 0 Å². The molecule has 130 valence electrons. The number of methoxy groups -OCH3 is 2. The number of hydrogen-bond donors (Lipinski definition) is 0. The van der Waals surface area contributed by atoms with Gasteiger partial charge in [-0.1, -0.05) is 32.6 Å². The number of rotatable bonds is 12. The van der Waals surface area contributed by atoms with Gasteiger partial charge in [0.15, 0.2) is 11.5 Å². The second kappa shape index (κ2) is 11.8. The predicted molar refractivity (Wildman–Crippen MR) is 89.4 cm³/mol. The average Bonchev–Trinajstić information content (AvgIpc) is 2.58. The van der Waals surface area contributed by atoms with Crippen molar-refractivity contribution in [3.05, 3.63) is 23.8 Å². The fourth-order valence-electron chi connectivity index (χ4n) is 2.10. The van der Waals surface area contributed by atoms with Gasteiger partial charge in [0.1, 0.15) is 6.61 Å². The van der Waals surface area contributed by atoms with Gasteiger partial charge in [-0.25, -0.2) is 4.79 Å². The van der Waals surface area contributed by atoms with Gasteiger partial charge in [-0.2, -0.15) is 0 Å². The van der Waals surface area contributed by atoms with E-state index in [2.05, 4.69) is 6.92 Å².